The summed E-state index contributed by atoms with van der Waals surface area (Å²) in [5.41, 5.74) is 1.94. The molecule has 0 aromatic carbocycles. The molecule has 2 N–H and O–H groups in total. The summed E-state index contributed by atoms with van der Waals surface area (Å²) >= 11 is 1.46. The summed E-state index contributed by atoms with van der Waals surface area (Å²) in [5.74, 6) is 0.732. The number of nitrogens with one attached hydrogen (secondary N) is 2. The van der Waals surface area contributed by atoms with Crippen LogP contribution in [0.1, 0.15) is 25.5 Å². The van der Waals surface area contributed by atoms with Crippen molar-refractivity contribution in [2.75, 3.05) is 18.5 Å². The van der Waals surface area contributed by atoms with Crippen molar-refractivity contribution in [3.8, 4) is 10.4 Å². The van der Waals surface area contributed by atoms with E-state index in [1.165, 1.54) is 24.2 Å². The number of amides is 2. The summed E-state index contributed by atoms with van der Waals surface area (Å²) in [6.07, 6.45) is 6.03. The lowest BCUT2D eigenvalue weighted by molar-refractivity contribution is 0.109. The minimum atomic E-state index is -0.257. The maximum Gasteiger partial charge on any atom is 0.321 e. The predicted molar refractivity (Wildman–Crippen MR) is 95.2 cm³/mol. The highest BCUT2D eigenvalue weighted by Gasteiger charge is 2.21. The first-order valence-corrected chi connectivity index (χ1v) is 8.96. The van der Waals surface area contributed by atoms with Gasteiger partial charge in [-0.25, -0.2) is 9.78 Å². The molecule has 0 spiro atoms. The molecule has 7 heteroatoms. The number of hydrogen-bond donors (Lipinski definition) is 2. The normalized spacial score (nSPS) is 15.1. The highest BCUT2D eigenvalue weighted by atomic mass is 32.1. The third-order valence-corrected chi connectivity index (χ3v) is 4.88. The molecule has 0 unspecified atom stereocenters. The van der Waals surface area contributed by atoms with Crippen molar-refractivity contribution in [3.63, 3.8) is 0 Å². The molecule has 1 fully saturated rings. The number of urea groups is 1. The summed E-state index contributed by atoms with van der Waals surface area (Å²) in [7, 11) is 0. The molecule has 2 aromatic heterocycles. The first-order chi connectivity index (χ1) is 11.6. The zero-order valence-corrected chi connectivity index (χ0v) is 14.7. The Bertz CT molecular complexity index is 685. The van der Waals surface area contributed by atoms with Crippen LogP contribution < -0.4 is 10.6 Å². The number of anilines is 1. The van der Waals surface area contributed by atoms with E-state index in [1.54, 1.807) is 12.4 Å². The van der Waals surface area contributed by atoms with E-state index in [-0.39, 0.29) is 12.1 Å². The number of carbonyl (C=O) groups excluding carboxylic acids is 1. The van der Waals surface area contributed by atoms with E-state index < -0.39 is 0 Å². The number of carbonyl (C=O) groups is 1. The van der Waals surface area contributed by atoms with Crippen LogP contribution in [0.25, 0.3) is 10.4 Å². The van der Waals surface area contributed by atoms with Gasteiger partial charge in [-0.3, -0.25) is 10.3 Å². The quantitative estimate of drug-likeness (QED) is 0.805. The molecule has 2 heterocycles. The van der Waals surface area contributed by atoms with Crippen LogP contribution in [-0.4, -0.2) is 35.3 Å². The number of thiazole rings is 1. The first kappa shape index (κ1) is 16.9. The van der Waals surface area contributed by atoms with Gasteiger partial charge in [0.2, 0.25) is 0 Å². The fourth-order valence-electron chi connectivity index (χ4n) is 2.32. The average Bonchev–Trinajstić information content (AvgIpc) is 3.30. The minimum absolute atomic E-state index is 0.0375. The zero-order chi connectivity index (χ0) is 16.9. The topological polar surface area (TPSA) is 76.1 Å². The van der Waals surface area contributed by atoms with Gasteiger partial charge in [0.25, 0.3) is 0 Å². The Morgan fingerprint density at radius 2 is 2.17 bits per heavy atom. The Morgan fingerprint density at radius 1 is 1.42 bits per heavy atom. The Kier molecular flexibility index (Phi) is 5.42. The van der Waals surface area contributed by atoms with E-state index in [4.69, 9.17) is 4.74 Å². The number of ether oxygens (including phenoxy) is 1. The van der Waals surface area contributed by atoms with Crippen molar-refractivity contribution in [2.24, 2.45) is 5.92 Å². The standard InChI is InChI=1S/C17H22N4O2S/c1-11(9-23-10-13-3-4-13)19-16(22)21-17-20-12(2)15(24-17)14-5-7-18-8-6-14/h5-8,11,13H,3-4,9-10H2,1-2H3,(H2,19,20,21,22)/t11-/m1/s1. The Balaban J connectivity index is 1.50. The van der Waals surface area contributed by atoms with Crippen LogP contribution in [0.15, 0.2) is 24.5 Å². The van der Waals surface area contributed by atoms with Gasteiger partial charge in [0, 0.05) is 19.0 Å². The summed E-state index contributed by atoms with van der Waals surface area (Å²) in [6.45, 7) is 5.20. The molecule has 2 amide bonds. The molecule has 1 aliphatic rings. The van der Waals surface area contributed by atoms with Crippen molar-refractivity contribution in [3.05, 3.63) is 30.2 Å². The number of pyridine rings is 1. The molecule has 1 atom stereocenters. The fourth-order valence-corrected chi connectivity index (χ4v) is 3.28. The molecule has 1 aliphatic carbocycles. The molecule has 1 saturated carbocycles. The molecule has 0 saturated heterocycles. The van der Waals surface area contributed by atoms with Crippen LogP contribution in [0, 0.1) is 12.8 Å². The highest BCUT2D eigenvalue weighted by Crippen LogP contribution is 2.32. The molecular weight excluding hydrogens is 324 g/mol. The maximum atomic E-state index is 12.1. The molecular formula is C17H22N4O2S. The third kappa shape index (κ3) is 4.75. The Hall–Kier alpha value is -1.99. The van der Waals surface area contributed by atoms with Crippen LogP contribution in [0.4, 0.5) is 9.93 Å². The lowest BCUT2D eigenvalue weighted by Crippen LogP contribution is -2.38. The van der Waals surface area contributed by atoms with Crippen LogP contribution in [0.5, 0.6) is 0 Å². The lowest BCUT2D eigenvalue weighted by Gasteiger charge is -2.14. The molecule has 128 valence electrons. The number of hydrogen-bond acceptors (Lipinski definition) is 5. The highest BCUT2D eigenvalue weighted by molar-refractivity contribution is 7.19. The van der Waals surface area contributed by atoms with Crippen molar-refractivity contribution >= 4 is 22.5 Å². The Labute approximate surface area is 145 Å². The van der Waals surface area contributed by atoms with Crippen molar-refractivity contribution in [1.82, 2.24) is 15.3 Å². The second-order valence-corrected chi connectivity index (χ2v) is 7.15. The van der Waals surface area contributed by atoms with E-state index in [0.29, 0.717) is 11.7 Å². The van der Waals surface area contributed by atoms with Crippen LogP contribution in [-0.2, 0) is 4.74 Å². The number of rotatable bonds is 7. The summed E-state index contributed by atoms with van der Waals surface area (Å²) in [5, 5.41) is 6.26. The largest absolute Gasteiger partial charge is 0.379 e. The van der Waals surface area contributed by atoms with Gasteiger partial charge in [-0.05, 0) is 50.3 Å². The van der Waals surface area contributed by atoms with Crippen LogP contribution >= 0.6 is 11.3 Å². The van der Waals surface area contributed by atoms with E-state index >= 15 is 0 Å². The molecule has 0 aliphatic heterocycles. The second kappa shape index (κ2) is 7.72. The van der Waals surface area contributed by atoms with Gasteiger partial charge in [0.1, 0.15) is 0 Å². The molecule has 24 heavy (non-hydrogen) atoms. The number of aromatic nitrogens is 2. The first-order valence-electron chi connectivity index (χ1n) is 8.15. The Morgan fingerprint density at radius 3 is 2.88 bits per heavy atom. The predicted octanol–water partition coefficient (Wildman–Crippen LogP) is 3.45. The summed E-state index contributed by atoms with van der Waals surface area (Å²) in [6, 6.07) is 3.57. The van der Waals surface area contributed by atoms with Crippen LogP contribution in [0.2, 0.25) is 0 Å². The van der Waals surface area contributed by atoms with Gasteiger partial charge >= 0.3 is 6.03 Å². The van der Waals surface area contributed by atoms with Gasteiger partial charge in [-0.2, -0.15) is 0 Å². The van der Waals surface area contributed by atoms with E-state index in [2.05, 4.69) is 20.6 Å². The number of nitrogens with zero attached hydrogens (tertiary/aromatic N) is 2. The summed E-state index contributed by atoms with van der Waals surface area (Å²) in [4.78, 5) is 21.5. The van der Waals surface area contributed by atoms with Crippen molar-refractivity contribution in [2.45, 2.75) is 32.7 Å². The lowest BCUT2D eigenvalue weighted by atomic mass is 10.2. The fraction of sp³-hybridized carbons (Fsp3) is 0.471. The van der Waals surface area contributed by atoms with Gasteiger partial charge in [0.15, 0.2) is 5.13 Å². The SMILES string of the molecule is Cc1nc(NC(=O)N[C@H](C)COCC2CC2)sc1-c1ccncc1. The van der Waals surface area contributed by atoms with E-state index in [0.717, 1.165) is 28.7 Å². The molecule has 3 rings (SSSR count). The maximum absolute atomic E-state index is 12.1. The molecule has 0 bridgehead atoms. The second-order valence-electron chi connectivity index (χ2n) is 6.15. The molecule has 0 radical (unpaired) electrons. The zero-order valence-electron chi connectivity index (χ0n) is 13.9. The minimum Gasteiger partial charge on any atom is -0.379 e. The van der Waals surface area contributed by atoms with Gasteiger partial charge < -0.3 is 10.1 Å². The van der Waals surface area contributed by atoms with Gasteiger partial charge in [0.05, 0.1) is 23.2 Å². The van der Waals surface area contributed by atoms with Crippen molar-refractivity contribution < 1.29 is 9.53 Å². The monoisotopic (exact) mass is 346 g/mol. The van der Waals surface area contributed by atoms with Gasteiger partial charge in [-0.15, -0.1) is 0 Å². The molecule has 6 nitrogen and oxygen atoms in total. The van der Waals surface area contributed by atoms with E-state index in [1.807, 2.05) is 26.0 Å². The average molecular weight is 346 g/mol. The number of aryl methyl sites for hydroxylation is 1. The van der Waals surface area contributed by atoms with Crippen molar-refractivity contribution in [1.29, 1.82) is 0 Å². The summed E-state index contributed by atoms with van der Waals surface area (Å²) < 4.78 is 5.59. The van der Waals surface area contributed by atoms with E-state index in [9.17, 15) is 4.79 Å². The molecule has 2 aromatic rings. The van der Waals surface area contributed by atoms with Crippen LogP contribution in [0.3, 0.4) is 0 Å². The third-order valence-electron chi connectivity index (χ3n) is 3.76. The smallest absolute Gasteiger partial charge is 0.321 e. The van der Waals surface area contributed by atoms with Gasteiger partial charge in [-0.1, -0.05) is 11.3 Å².